The molecule has 1 aromatic carbocycles. The van der Waals surface area contributed by atoms with Crippen LogP contribution in [0.3, 0.4) is 0 Å². The Bertz CT molecular complexity index is 325. The number of alkyl halides is 1. The number of rotatable bonds is 5. The van der Waals surface area contributed by atoms with Crippen LogP contribution in [0, 0.1) is 0 Å². The summed E-state index contributed by atoms with van der Waals surface area (Å²) in [6.45, 7) is 2.44. The molecule has 0 fully saturated rings. The second-order valence-corrected chi connectivity index (χ2v) is 5.29. The molecule has 4 heteroatoms. The van der Waals surface area contributed by atoms with Crippen LogP contribution in [0.2, 0.25) is 0 Å². The van der Waals surface area contributed by atoms with E-state index in [1.807, 2.05) is 30.3 Å². The minimum Gasteiger partial charge on any atom is -0.375 e. The third-order valence-electron chi connectivity index (χ3n) is 2.00. The Morgan fingerprint density at radius 2 is 2.07 bits per heavy atom. The lowest BCUT2D eigenvalue weighted by Crippen LogP contribution is -2.39. The van der Waals surface area contributed by atoms with Crippen LogP contribution in [0.1, 0.15) is 12.5 Å². The molecule has 15 heavy (non-hydrogen) atoms. The molecule has 1 aromatic rings. The lowest BCUT2D eigenvalue weighted by Gasteiger charge is -2.17. The molecule has 1 atom stereocenters. The second kappa shape index (κ2) is 5.28. The number of carbonyl (C=O) groups excluding carboxylic acids is 1. The van der Waals surface area contributed by atoms with E-state index < -0.39 is 10.2 Å². The van der Waals surface area contributed by atoms with E-state index in [2.05, 4.69) is 15.9 Å². The van der Waals surface area contributed by atoms with Gasteiger partial charge in [0.1, 0.15) is 4.32 Å². The zero-order valence-corrected chi connectivity index (χ0v) is 10.2. The van der Waals surface area contributed by atoms with Crippen LogP contribution in [0.4, 0.5) is 0 Å². The van der Waals surface area contributed by atoms with Crippen molar-refractivity contribution in [3.8, 4) is 0 Å². The average Bonchev–Trinajstić information content (AvgIpc) is 2.19. The number of hydrogen-bond donors (Lipinski definition) is 1. The van der Waals surface area contributed by atoms with E-state index in [-0.39, 0.29) is 6.61 Å². The summed E-state index contributed by atoms with van der Waals surface area (Å²) in [5, 5.41) is 0. The molecule has 0 bridgehead atoms. The molecule has 0 heterocycles. The summed E-state index contributed by atoms with van der Waals surface area (Å²) in [7, 11) is 0. The van der Waals surface area contributed by atoms with Crippen molar-refractivity contribution in [3.05, 3.63) is 35.9 Å². The summed E-state index contributed by atoms with van der Waals surface area (Å²) in [6, 6.07) is 9.77. The summed E-state index contributed by atoms with van der Waals surface area (Å²) < 4.78 is 4.61. The number of ether oxygens (including phenoxy) is 1. The van der Waals surface area contributed by atoms with Gasteiger partial charge in [0.05, 0.1) is 13.2 Å². The van der Waals surface area contributed by atoms with Gasteiger partial charge in [-0.1, -0.05) is 46.3 Å². The van der Waals surface area contributed by atoms with Crippen LogP contribution in [0.15, 0.2) is 30.3 Å². The SMILES string of the molecule is CC(Br)(COCc1ccccc1)C(N)=O. The van der Waals surface area contributed by atoms with Gasteiger partial charge in [0.25, 0.3) is 0 Å². The second-order valence-electron chi connectivity index (χ2n) is 3.54. The highest BCUT2D eigenvalue weighted by molar-refractivity contribution is 9.10. The van der Waals surface area contributed by atoms with E-state index in [4.69, 9.17) is 10.5 Å². The number of hydrogen-bond acceptors (Lipinski definition) is 2. The molecule has 1 unspecified atom stereocenters. The number of benzene rings is 1. The zero-order chi connectivity index (χ0) is 11.3. The van der Waals surface area contributed by atoms with Crippen molar-refractivity contribution >= 4 is 21.8 Å². The fraction of sp³-hybridized carbons (Fsp3) is 0.364. The smallest absolute Gasteiger partial charge is 0.236 e. The summed E-state index contributed by atoms with van der Waals surface area (Å²) in [4.78, 5) is 11.0. The molecule has 0 aliphatic rings. The number of carbonyl (C=O) groups is 1. The third-order valence-corrected chi connectivity index (χ3v) is 2.62. The van der Waals surface area contributed by atoms with Crippen molar-refractivity contribution in [1.29, 1.82) is 0 Å². The van der Waals surface area contributed by atoms with Crippen LogP contribution >= 0.6 is 15.9 Å². The predicted octanol–water partition coefficient (Wildman–Crippen LogP) is 1.84. The Hall–Kier alpha value is -0.870. The highest BCUT2D eigenvalue weighted by Crippen LogP contribution is 2.17. The maximum Gasteiger partial charge on any atom is 0.236 e. The number of nitrogens with two attached hydrogens (primary N) is 1. The number of halogens is 1. The van der Waals surface area contributed by atoms with Crippen LogP contribution in [0.5, 0.6) is 0 Å². The Balaban J connectivity index is 2.37. The van der Waals surface area contributed by atoms with E-state index >= 15 is 0 Å². The van der Waals surface area contributed by atoms with E-state index in [0.717, 1.165) is 5.56 Å². The van der Waals surface area contributed by atoms with Crippen molar-refractivity contribution in [1.82, 2.24) is 0 Å². The van der Waals surface area contributed by atoms with Gasteiger partial charge in [-0.2, -0.15) is 0 Å². The molecule has 3 nitrogen and oxygen atoms in total. The van der Waals surface area contributed by atoms with Gasteiger partial charge in [-0.3, -0.25) is 4.79 Å². The minimum absolute atomic E-state index is 0.261. The molecular weight excluding hydrogens is 258 g/mol. The molecule has 0 saturated carbocycles. The van der Waals surface area contributed by atoms with E-state index in [1.165, 1.54) is 0 Å². The zero-order valence-electron chi connectivity index (χ0n) is 8.57. The summed E-state index contributed by atoms with van der Waals surface area (Å²) in [5.41, 5.74) is 6.26. The van der Waals surface area contributed by atoms with Gasteiger partial charge in [-0.25, -0.2) is 0 Å². The first-order valence-electron chi connectivity index (χ1n) is 4.63. The molecule has 82 valence electrons. The van der Waals surface area contributed by atoms with E-state index in [1.54, 1.807) is 6.92 Å². The first-order valence-corrected chi connectivity index (χ1v) is 5.42. The molecule has 1 amide bonds. The Kier molecular flexibility index (Phi) is 4.29. The molecular formula is C11H14BrNO2. The van der Waals surface area contributed by atoms with Gasteiger partial charge in [0.15, 0.2) is 0 Å². The molecule has 0 radical (unpaired) electrons. The van der Waals surface area contributed by atoms with Crippen LogP contribution in [0.25, 0.3) is 0 Å². The highest BCUT2D eigenvalue weighted by Gasteiger charge is 2.27. The fourth-order valence-corrected chi connectivity index (χ4v) is 1.17. The van der Waals surface area contributed by atoms with Gasteiger partial charge in [-0.05, 0) is 12.5 Å². The molecule has 0 saturated heterocycles. The van der Waals surface area contributed by atoms with Gasteiger partial charge in [-0.15, -0.1) is 0 Å². The number of primary amides is 1. The largest absolute Gasteiger partial charge is 0.375 e. The normalized spacial score (nSPS) is 14.5. The molecule has 2 N–H and O–H groups in total. The van der Waals surface area contributed by atoms with Crippen molar-refractivity contribution in [2.45, 2.75) is 17.9 Å². The lowest BCUT2D eigenvalue weighted by molar-refractivity contribution is -0.121. The fourth-order valence-electron chi connectivity index (χ4n) is 1.01. The summed E-state index contributed by atoms with van der Waals surface area (Å²) >= 11 is 3.22. The quantitative estimate of drug-likeness (QED) is 0.831. The molecule has 1 rings (SSSR count). The van der Waals surface area contributed by atoms with Crippen LogP contribution in [-0.4, -0.2) is 16.8 Å². The van der Waals surface area contributed by atoms with Gasteiger partial charge < -0.3 is 10.5 Å². The van der Waals surface area contributed by atoms with Gasteiger partial charge >= 0.3 is 0 Å². The maximum absolute atomic E-state index is 11.0. The molecule has 0 aliphatic carbocycles. The van der Waals surface area contributed by atoms with Crippen LogP contribution in [-0.2, 0) is 16.1 Å². The first kappa shape index (κ1) is 12.2. The van der Waals surface area contributed by atoms with Crippen molar-refractivity contribution in [2.75, 3.05) is 6.61 Å². The maximum atomic E-state index is 11.0. The first-order chi connectivity index (χ1) is 7.02. The summed E-state index contributed by atoms with van der Waals surface area (Å²) in [5.74, 6) is -0.421. The van der Waals surface area contributed by atoms with Gasteiger partial charge in [0, 0.05) is 0 Å². The van der Waals surface area contributed by atoms with Crippen LogP contribution < -0.4 is 5.73 Å². The number of amides is 1. The molecule has 0 aliphatic heterocycles. The third kappa shape index (κ3) is 4.01. The predicted molar refractivity (Wildman–Crippen MR) is 62.6 cm³/mol. The van der Waals surface area contributed by atoms with Crippen molar-refractivity contribution < 1.29 is 9.53 Å². The Labute approximate surface area is 97.7 Å². The Morgan fingerprint density at radius 3 is 2.60 bits per heavy atom. The molecule has 0 spiro atoms. The van der Waals surface area contributed by atoms with E-state index in [0.29, 0.717) is 6.61 Å². The highest BCUT2D eigenvalue weighted by atomic mass is 79.9. The van der Waals surface area contributed by atoms with Gasteiger partial charge in [0.2, 0.25) is 5.91 Å². The van der Waals surface area contributed by atoms with Crippen molar-refractivity contribution in [3.63, 3.8) is 0 Å². The topological polar surface area (TPSA) is 52.3 Å². The average molecular weight is 272 g/mol. The van der Waals surface area contributed by atoms with Crippen molar-refractivity contribution in [2.24, 2.45) is 5.73 Å². The minimum atomic E-state index is -0.790. The summed E-state index contributed by atoms with van der Waals surface area (Å²) in [6.07, 6.45) is 0. The Morgan fingerprint density at radius 1 is 1.47 bits per heavy atom. The molecule has 0 aromatic heterocycles. The van der Waals surface area contributed by atoms with E-state index in [9.17, 15) is 4.79 Å². The monoisotopic (exact) mass is 271 g/mol. The standard InChI is InChI=1S/C11H14BrNO2/c1-11(12,10(13)14)8-15-7-9-5-3-2-4-6-9/h2-6H,7-8H2,1H3,(H2,13,14). The lowest BCUT2D eigenvalue weighted by atomic mass is 10.2.